The van der Waals surface area contributed by atoms with Gasteiger partial charge in [0.1, 0.15) is 0 Å². The summed E-state index contributed by atoms with van der Waals surface area (Å²) >= 11 is 0. The average Bonchev–Trinajstić information content (AvgIpc) is 2.72. The fourth-order valence-electron chi connectivity index (χ4n) is 2.41. The third-order valence-electron chi connectivity index (χ3n) is 3.35. The van der Waals surface area contributed by atoms with Crippen molar-refractivity contribution >= 4 is 5.91 Å². The molecule has 3 rings (SSSR count). The molecule has 1 aromatic rings. The summed E-state index contributed by atoms with van der Waals surface area (Å²) in [5, 5.41) is 11.1. The Kier molecular flexibility index (Phi) is 2.36. The summed E-state index contributed by atoms with van der Waals surface area (Å²) in [5.74, 6) is 0.179. The number of hydrogen-bond donors (Lipinski definition) is 1. The van der Waals surface area contributed by atoms with Gasteiger partial charge in [-0.2, -0.15) is 15.0 Å². The molecule has 0 aromatic carbocycles. The van der Waals surface area contributed by atoms with Crippen LogP contribution in [0.4, 0.5) is 0 Å². The number of rotatable bonds is 2. The molecule has 6 heteroatoms. The van der Waals surface area contributed by atoms with E-state index in [9.17, 15) is 4.79 Å². The molecule has 2 aliphatic rings. The van der Waals surface area contributed by atoms with E-state index in [4.69, 9.17) is 0 Å². The maximum atomic E-state index is 11.6. The van der Waals surface area contributed by atoms with Crippen molar-refractivity contribution in [1.29, 1.82) is 0 Å². The highest BCUT2D eigenvalue weighted by Crippen LogP contribution is 2.24. The van der Waals surface area contributed by atoms with Crippen LogP contribution < -0.4 is 5.32 Å². The zero-order chi connectivity index (χ0) is 11.0. The first-order valence-electron chi connectivity index (χ1n) is 5.72. The second-order valence-corrected chi connectivity index (χ2v) is 4.41. The van der Waals surface area contributed by atoms with Gasteiger partial charge in [-0.1, -0.05) is 0 Å². The Morgan fingerprint density at radius 1 is 1.31 bits per heavy atom. The third kappa shape index (κ3) is 1.59. The zero-order valence-electron chi connectivity index (χ0n) is 9.04. The smallest absolute Gasteiger partial charge is 0.237 e. The molecule has 1 atom stereocenters. The van der Waals surface area contributed by atoms with Gasteiger partial charge in [-0.3, -0.25) is 9.69 Å². The fraction of sp³-hybridized carbons (Fsp3) is 0.700. The number of nitrogens with one attached hydrogen (secondary N) is 1. The van der Waals surface area contributed by atoms with Crippen LogP contribution in [0.15, 0.2) is 12.4 Å². The topological polar surface area (TPSA) is 63.1 Å². The molecule has 2 fully saturated rings. The molecule has 0 saturated carbocycles. The minimum atomic E-state index is 0.0700. The lowest BCUT2D eigenvalue weighted by atomic mass is 9.99. The summed E-state index contributed by atoms with van der Waals surface area (Å²) in [4.78, 5) is 15.6. The molecule has 86 valence electrons. The van der Waals surface area contributed by atoms with Gasteiger partial charge < -0.3 is 5.32 Å². The van der Waals surface area contributed by atoms with Crippen molar-refractivity contribution in [1.82, 2.24) is 25.2 Å². The van der Waals surface area contributed by atoms with E-state index in [0.717, 1.165) is 32.5 Å². The number of piperidine rings is 1. The first-order valence-corrected chi connectivity index (χ1v) is 5.72. The quantitative estimate of drug-likeness (QED) is 0.725. The van der Waals surface area contributed by atoms with Gasteiger partial charge in [0.25, 0.3) is 0 Å². The largest absolute Gasteiger partial charge is 0.355 e. The van der Waals surface area contributed by atoms with E-state index < -0.39 is 0 Å². The molecule has 1 amide bonds. The summed E-state index contributed by atoms with van der Waals surface area (Å²) < 4.78 is 0. The predicted octanol–water partition coefficient (Wildman–Crippen LogP) is -0.587. The standard InChI is InChI=1S/C10H15N5O/c16-10-9(2-1-3-11-10)14-6-8(7-14)15-12-4-5-13-15/h4-5,8-9H,1-3,6-7H2,(H,11,16). The van der Waals surface area contributed by atoms with Gasteiger partial charge in [0, 0.05) is 19.6 Å². The van der Waals surface area contributed by atoms with Crippen LogP contribution in [-0.2, 0) is 4.79 Å². The van der Waals surface area contributed by atoms with Gasteiger partial charge in [-0.05, 0) is 12.8 Å². The molecule has 3 heterocycles. The molecule has 0 bridgehead atoms. The second-order valence-electron chi connectivity index (χ2n) is 4.41. The summed E-state index contributed by atoms with van der Waals surface area (Å²) in [6, 6.07) is 0.408. The van der Waals surface area contributed by atoms with Crippen molar-refractivity contribution < 1.29 is 4.79 Å². The number of likely N-dealkylation sites (tertiary alicyclic amines) is 1. The normalized spacial score (nSPS) is 27.5. The van der Waals surface area contributed by atoms with E-state index in [0.29, 0.717) is 6.04 Å². The molecule has 0 radical (unpaired) electrons. The minimum absolute atomic E-state index is 0.0700. The Bertz CT molecular complexity index is 371. The van der Waals surface area contributed by atoms with Crippen molar-refractivity contribution in [3.8, 4) is 0 Å². The highest BCUT2D eigenvalue weighted by molar-refractivity contribution is 5.82. The maximum absolute atomic E-state index is 11.6. The van der Waals surface area contributed by atoms with Crippen LogP contribution in [0.3, 0.4) is 0 Å². The van der Waals surface area contributed by atoms with Gasteiger partial charge in [0.15, 0.2) is 0 Å². The van der Waals surface area contributed by atoms with Crippen molar-refractivity contribution in [2.45, 2.75) is 24.9 Å². The molecule has 0 aliphatic carbocycles. The zero-order valence-corrected chi connectivity index (χ0v) is 9.04. The van der Waals surface area contributed by atoms with E-state index in [-0.39, 0.29) is 11.9 Å². The van der Waals surface area contributed by atoms with Crippen LogP contribution in [0.5, 0.6) is 0 Å². The molecule has 2 aliphatic heterocycles. The lowest BCUT2D eigenvalue weighted by Gasteiger charge is -2.43. The molecular formula is C10H15N5O. The molecule has 16 heavy (non-hydrogen) atoms. The van der Waals surface area contributed by atoms with E-state index in [2.05, 4.69) is 20.4 Å². The monoisotopic (exact) mass is 221 g/mol. The van der Waals surface area contributed by atoms with E-state index in [1.54, 1.807) is 17.2 Å². The third-order valence-corrected chi connectivity index (χ3v) is 3.35. The van der Waals surface area contributed by atoms with Gasteiger partial charge in [0.05, 0.1) is 24.5 Å². The Morgan fingerprint density at radius 3 is 2.75 bits per heavy atom. The summed E-state index contributed by atoms with van der Waals surface area (Å²) in [6.45, 7) is 2.59. The lowest BCUT2D eigenvalue weighted by molar-refractivity contribution is -0.131. The van der Waals surface area contributed by atoms with Crippen LogP contribution in [0.1, 0.15) is 18.9 Å². The molecule has 1 N–H and O–H groups in total. The van der Waals surface area contributed by atoms with E-state index in [1.165, 1.54) is 0 Å². The van der Waals surface area contributed by atoms with E-state index >= 15 is 0 Å². The predicted molar refractivity (Wildman–Crippen MR) is 56.7 cm³/mol. The number of hydrogen-bond acceptors (Lipinski definition) is 4. The van der Waals surface area contributed by atoms with Crippen LogP contribution in [-0.4, -0.2) is 51.5 Å². The van der Waals surface area contributed by atoms with Gasteiger partial charge >= 0.3 is 0 Å². The summed E-state index contributed by atoms with van der Waals surface area (Å²) in [6.07, 6.45) is 5.44. The van der Waals surface area contributed by atoms with Crippen LogP contribution in [0.25, 0.3) is 0 Å². The molecule has 1 aromatic heterocycles. The SMILES string of the molecule is O=C1NCCCC1N1CC(n2nccn2)C1. The van der Waals surface area contributed by atoms with Gasteiger partial charge in [-0.15, -0.1) is 0 Å². The molecule has 6 nitrogen and oxygen atoms in total. The summed E-state index contributed by atoms with van der Waals surface area (Å²) in [5.41, 5.74) is 0. The number of aromatic nitrogens is 3. The first kappa shape index (κ1) is 9.77. The van der Waals surface area contributed by atoms with Crippen molar-refractivity contribution in [3.05, 3.63) is 12.4 Å². The second kappa shape index (κ2) is 3.86. The molecule has 0 spiro atoms. The Hall–Kier alpha value is -1.43. The fourth-order valence-corrected chi connectivity index (χ4v) is 2.41. The molecule has 2 saturated heterocycles. The number of carbonyl (C=O) groups is 1. The van der Waals surface area contributed by atoms with E-state index in [1.807, 2.05) is 0 Å². The highest BCUT2D eigenvalue weighted by Gasteiger charge is 2.38. The lowest BCUT2D eigenvalue weighted by Crippen LogP contribution is -2.59. The number of amides is 1. The highest BCUT2D eigenvalue weighted by atomic mass is 16.2. The summed E-state index contributed by atoms with van der Waals surface area (Å²) in [7, 11) is 0. The average molecular weight is 221 g/mol. The van der Waals surface area contributed by atoms with Crippen LogP contribution in [0, 0.1) is 0 Å². The Morgan fingerprint density at radius 2 is 2.06 bits per heavy atom. The van der Waals surface area contributed by atoms with Crippen LogP contribution >= 0.6 is 0 Å². The van der Waals surface area contributed by atoms with Crippen molar-refractivity contribution in [2.24, 2.45) is 0 Å². The van der Waals surface area contributed by atoms with Crippen molar-refractivity contribution in [3.63, 3.8) is 0 Å². The van der Waals surface area contributed by atoms with Gasteiger partial charge in [0.2, 0.25) is 5.91 Å². The van der Waals surface area contributed by atoms with Crippen LogP contribution in [0.2, 0.25) is 0 Å². The molecular weight excluding hydrogens is 206 g/mol. The Balaban J connectivity index is 1.58. The molecule has 1 unspecified atom stereocenters. The minimum Gasteiger partial charge on any atom is -0.355 e. The Labute approximate surface area is 93.6 Å². The number of nitrogens with zero attached hydrogens (tertiary/aromatic N) is 4. The maximum Gasteiger partial charge on any atom is 0.237 e. The van der Waals surface area contributed by atoms with Crippen molar-refractivity contribution in [2.75, 3.05) is 19.6 Å². The number of carbonyl (C=O) groups excluding carboxylic acids is 1. The van der Waals surface area contributed by atoms with Gasteiger partial charge in [-0.25, -0.2) is 0 Å². The first-order chi connectivity index (χ1) is 7.84.